The Kier molecular flexibility index (Phi) is 5.67. The van der Waals surface area contributed by atoms with Crippen molar-refractivity contribution in [1.29, 1.82) is 0 Å². The molecule has 128 valence electrons. The maximum Gasteiger partial charge on any atom is 0.262 e. The fraction of sp³-hybridized carbons (Fsp3) is 0.167. The number of nitrogens with zero attached hydrogens (tertiary/aromatic N) is 2. The van der Waals surface area contributed by atoms with Crippen molar-refractivity contribution < 1.29 is 9.53 Å². The van der Waals surface area contributed by atoms with E-state index >= 15 is 0 Å². The van der Waals surface area contributed by atoms with Crippen molar-refractivity contribution >= 4 is 34.1 Å². The summed E-state index contributed by atoms with van der Waals surface area (Å²) in [5, 5.41) is 5.28. The first-order valence-corrected chi connectivity index (χ1v) is 9.81. The molecule has 25 heavy (non-hydrogen) atoms. The van der Waals surface area contributed by atoms with Crippen molar-refractivity contribution in [3.05, 3.63) is 53.5 Å². The van der Waals surface area contributed by atoms with E-state index in [0.717, 1.165) is 11.3 Å². The van der Waals surface area contributed by atoms with Crippen molar-refractivity contribution in [3.8, 4) is 17.1 Å². The van der Waals surface area contributed by atoms with Gasteiger partial charge in [0.05, 0.1) is 12.3 Å². The summed E-state index contributed by atoms with van der Waals surface area (Å²) in [6.45, 7) is 2.30. The van der Waals surface area contributed by atoms with Crippen LogP contribution in [0.15, 0.2) is 52.9 Å². The summed E-state index contributed by atoms with van der Waals surface area (Å²) in [7, 11) is 0. The Bertz CT molecular complexity index is 863. The second kappa shape index (κ2) is 8.13. The molecule has 3 rings (SSSR count). The molecule has 1 N–H and O–H groups in total. The van der Waals surface area contributed by atoms with Crippen LogP contribution in [-0.2, 0) is 0 Å². The maximum absolute atomic E-state index is 12.5. The number of pyridine rings is 1. The fourth-order valence-corrected chi connectivity index (χ4v) is 3.33. The van der Waals surface area contributed by atoms with E-state index in [1.54, 1.807) is 30.1 Å². The van der Waals surface area contributed by atoms with Crippen LogP contribution in [-0.4, -0.2) is 28.7 Å². The number of rotatable bonds is 6. The van der Waals surface area contributed by atoms with E-state index in [2.05, 4.69) is 27.4 Å². The summed E-state index contributed by atoms with van der Waals surface area (Å²) in [6.07, 6.45) is 3.64. The second-order valence-corrected chi connectivity index (χ2v) is 6.75. The van der Waals surface area contributed by atoms with E-state index in [1.807, 2.05) is 30.7 Å². The number of thiazole rings is 1. The lowest BCUT2D eigenvalue weighted by Gasteiger charge is -2.07. The summed E-state index contributed by atoms with van der Waals surface area (Å²) >= 11 is 3.08. The zero-order valence-corrected chi connectivity index (χ0v) is 15.5. The first-order chi connectivity index (χ1) is 12.2. The number of anilines is 1. The van der Waals surface area contributed by atoms with E-state index in [4.69, 9.17) is 4.74 Å². The molecule has 1 amide bonds. The molecule has 0 spiro atoms. The third-order valence-electron chi connectivity index (χ3n) is 3.41. The first-order valence-electron chi connectivity index (χ1n) is 7.70. The van der Waals surface area contributed by atoms with Gasteiger partial charge in [0.2, 0.25) is 5.88 Å². The van der Waals surface area contributed by atoms with Gasteiger partial charge in [-0.1, -0.05) is 12.1 Å². The predicted molar refractivity (Wildman–Crippen MR) is 103 cm³/mol. The summed E-state index contributed by atoms with van der Waals surface area (Å²) < 4.78 is 5.40. The van der Waals surface area contributed by atoms with Gasteiger partial charge in [0.25, 0.3) is 5.91 Å². The average molecular weight is 371 g/mol. The lowest BCUT2D eigenvalue weighted by atomic mass is 10.2. The van der Waals surface area contributed by atoms with Crippen molar-refractivity contribution in [3.63, 3.8) is 0 Å². The van der Waals surface area contributed by atoms with Gasteiger partial charge in [-0.15, -0.1) is 23.1 Å². The third kappa shape index (κ3) is 4.18. The van der Waals surface area contributed by atoms with E-state index in [0.29, 0.717) is 23.2 Å². The van der Waals surface area contributed by atoms with E-state index in [-0.39, 0.29) is 5.91 Å². The van der Waals surface area contributed by atoms with Gasteiger partial charge in [-0.3, -0.25) is 10.1 Å². The minimum Gasteiger partial charge on any atom is -0.477 e. The molecule has 0 aliphatic carbocycles. The Morgan fingerprint density at radius 3 is 2.80 bits per heavy atom. The summed E-state index contributed by atoms with van der Waals surface area (Å²) in [5.41, 5.74) is 2.25. The van der Waals surface area contributed by atoms with Gasteiger partial charge in [0.1, 0.15) is 5.56 Å². The van der Waals surface area contributed by atoms with Crippen LogP contribution in [0.2, 0.25) is 0 Å². The molecule has 7 heteroatoms. The lowest BCUT2D eigenvalue weighted by Crippen LogP contribution is -2.14. The van der Waals surface area contributed by atoms with Crippen molar-refractivity contribution in [2.45, 2.75) is 11.8 Å². The van der Waals surface area contributed by atoms with Crippen LogP contribution in [0.1, 0.15) is 17.3 Å². The topological polar surface area (TPSA) is 64.1 Å². The number of benzene rings is 1. The van der Waals surface area contributed by atoms with Crippen LogP contribution in [0.3, 0.4) is 0 Å². The monoisotopic (exact) mass is 371 g/mol. The Morgan fingerprint density at radius 1 is 1.28 bits per heavy atom. The molecule has 2 heterocycles. The minimum atomic E-state index is -0.282. The number of ether oxygens (including phenoxy) is 1. The van der Waals surface area contributed by atoms with Crippen LogP contribution >= 0.6 is 23.1 Å². The van der Waals surface area contributed by atoms with Gasteiger partial charge in [0, 0.05) is 22.0 Å². The Morgan fingerprint density at radius 2 is 2.08 bits per heavy atom. The van der Waals surface area contributed by atoms with Crippen LogP contribution in [0, 0.1) is 0 Å². The van der Waals surface area contributed by atoms with Gasteiger partial charge in [0.15, 0.2) is 5.13 Å². The average Bonchev–Trinajstić information content (AvgIpc) is 3.11. The van der Waals surface area contributed by atoms with Gasteiger partial charge in [-0.2, -0.15) is 0 Å². The van der Waals surface area contributed by atoms with Crippen molar-refractivity contribution in [1.82, 2.24) is 9.97 Å². The van der Waals surface area contributed by atoms with Gasteiger partial charge >= 0.3 is 0 Å². The number of thioether (sulfide) groups is 1. The fourth-order valence-electron chi connectivity index (χ4n) is 2.21. The quantitative estimate of drug-likeness (QED) is 0.643. The normalized spacial score (nSPS) is 10.5. The molecule has 1 aromatic carbocycles. The molecule has 0 fully saturated rings. The zero-order chi connectivity index (χ0) is 17.6. The lowest BCUT2D eigenvalue weighted by molar-refractivity contribution is 0.102. The number of amides is 1. The van der Waals surface area contributed by atoms with Gasteiger partial charge in [-0.25, -0.2) is 9.97 Å². The van der Waals surface area contributed by atoms with Crippen LogP contribution in [0.25, 0.3) is 11.3 Å². The molecule has 0 saturated carbocycles. The number of carbonyl (C=O) groups excluding carboxylic acids is 1. The molecule has 2 aromatic heterocycles. The Hall–Kier alpha value is -2.38. The highest BCUT2D eigenvalue weighted by Crippen LogP contribution is 2.27. The molecule has 0 bridgehead atoms. The maximum atomic E-state index is 12.5. The third-order valence-corrected chi connectivity index (χ3v) is 4.91. The zero-order valence-electron chi connectivity index (χ0n) is 13.9. The van der Waals surface area contributed by atoms with Crippen molar-refractivity contribution in [2.24, 2.45) is 0 Å². The molecule has 0 atom stereocenters. The van der Waals surface area contributed by atoms with Crippen LogP contribution < -0.4 is 10.1 Å². The van der Waals surface area contributed by atoms with Crippen LogP contribution in [0.5, 0.6) is 5.88 Å². The summed E-state index contributed by atoms with van der Waals surface area (Å²) in [4.78, 5) is 22.3. The Balaban J connectivity index is 1.76. The first kappa shape index (κ1) is 17.4. The molecule has 0 aliphatic rings. The number of hydrogen-bond donors (Lipinski definition) is 1. The molecular weight excluding hydrogens is 354 g/mol. The molecule has 0 radical (unpaired) electrons. The highest BCUT2D eigenvalue weighted by Gasteiger charge is 2.15. The number of hydrogen-bond acceptors (Lipinski definition) is 6. The second-order valence-electron chi connectivity index (χ2n) is 5.01. The summed E-state index contributed by atoms with van der Waals surface area (Å²) in [6, 6.07) is 11.6. The van der Waals surface area contributed by atoms with Crippen molar-refractivity contribution in [2.75, 3.05) is 18.2 Å². The highest BCUT2D eigenvalue weighted by atomic mass is 32.2. The molecule has 3 aromatic rings. The molecule has 0 aliphatic heterocycles. The van der Waals surface area contributed by atoms with Gasteiger partial charge in [-0.05, 0) is 37.4 Å². The minimum absolute atomic E-state index is 0.282. The Labute approximate surface area is 154 Å². The SMILES string of the molecule is CCOc1ncccc1C(=O)Nc1nc(-c2ccc(SC)cc2)cs1. The van der Waals surface area contributed by atoms with Gasteiger partial charge < -0.3 is 4.74 Å². The van der Waals surface area contributed by atoms with E-state index < -0.39 is 0 Å². The number of carbonyl (C=O) groups is 1. The van der Waals surface area contributed by atoms with Crippen LogP contribution in [0.4, 0.5) is 5.13 Å². The molecular formula is C18H17N3O2S2. The van der Waals surface area contributed by atoms with E-state index in [1.165, 1.54) is 16.2 Å². The molecule has 5 nitrogen and oxygen atoms in total. The standard InChI is InChI=1S/C18H17N3O2S2/c1-3-23-17-14(5-4-10-19-17)16(22)21-18-20-15(11-25-18)12-6-8-13(24-2)9-7-12/h4-11H,3H2,1-2H3,(H,20,21,22). The highest BCUT2D eigenvalue weighted by molar-refractivity contribution is 7.98. The largest absolute Gasteiger partial charge is 0.477 e. The predicted octanol–water partition coefficient (Wildman–Crippen LogP) is 4.58. The van der Waals surface area contributed by atoms with E-state index in [9.17, 15) is 4.79 Å². The summed E-state index contributed by atoms with van der Waals surface area (Å²) in [5.74, 6) is 0.0436. The number of nitrogens with one attached hydrogen (secondary N) is 1. The molecule has 0 unspecified atom stereocenters. The smallest absolute Gasteiger partial charge is 0.262 e. The number of aromatic nitrogens is 2. The molecule has 0 saturated heterocycles.